The first kappa shape index (κ1) is 16.2. The maximum absolute atomic E-state index is 6.13. The molecule has 7 heteroatoms. The highest BCUT2D eigenvalue weighted by Crippen LogP contribution is 2.33. The maximum Gasteiger partial charge on any atom is 0.133 e. The number of morpholine rings is 1. The van der Waals surface area contributed by atoms with Gasteiger partial charge >= 0.3 is 0 Å². The van der Waals surface area contributed by atoms with E-state index < -0.39 is 0 Å². The summed E-state index contributed by atoms with van der Waals surface area (Å²) in [7, 11) is 0. The number of rotatable bonds is 5. The number of ether oxygens (including phenoxy) is 2. The van der Waals surface area contributed by atoms with Crippen LogP contribution >= 0.6 is 11.3 Å². The average Bonchev–Trinajstić information content (AvgIpc) is 3.27. The summed E-state index contributed by atoms with van der Waals surface area (Å²) < 4.78 is 17.4. The van der Waals surface area contributed by atoms with Crippen LogP contribution in [0.3, 0.4) is 0 Å². The van der Waals surface area contributed by atoms with E-state index in [0.29, 0.717) is 12.6 Å². The van der Waals surface area contributed by atoms with Gasteiger partial charge in [-0.15, -0.1) is 11.3 Å². The molecule has 0 radical (unpaired) electrons. The van der Waals surface area contributed by atoms with Gasteiger partial charge in [0.2, 0.25) is 0 Å². The van der Waals surface area contributed by atoms with Crippen LogP contribution in [-0.4, -0.2) is 46.4 Å². The van der Waals surface area contributed by atoms with Crippen LogP contribution in [0.2, 0.25) is 0 Å². The Balaban J connectivity index is 1.37. The predicted molar refractivity (Wildman–Crippen MR) is 89.8 cm³/mol. The number of thiazole rings is 1. The van der Waals surface area contributed by atoms with Crippen LogP contribution in [0.1, 0.15) is 35.0 Å². The predicted octanol–water partition coefficient (Wildman–Crippen LogP) is 2.70. The van der Waals surface area contributed by atoms with Gasteiger partial charge < -0.3 is 14.0 Å². The van der Waals surface area contributed by atoms with E-state index >= 15 is 0 Å². The minimum Gasteiger partial charge on any atom is -0.373 e. The lowest BCUT2D eigenvalue weighted by Crippen LogP contribution is -2.51. The molecule has 0 N–H and O–H groups in total. The normalized spacial score (nSPS) is 27.5. The third kappa shape index (κ3) is 3.39. The van der Waals surface area contributed by atoms with Crippen LogP contribution in [0, 0.1) is 13.8 Å². The minimum absolute atomic E-state index is 0.145. The summed E-state index contributed by atoms with van der Waals surface area (Å²) in [6.07, 6.45) is 2.43. The SMILES string of the molecule is Cc1cc(CN2CCO[C@H]3[C@H](OCc4csc(C)n4)CC[C@@H]32)no1. The Kier molecular flexibility index (Phi) is 4.67. The van der Waals surface area contributed by atoms with Crippen molar-refractivity contribution in [3.63, 3.8) is 0 Å². The number of hydrogen-bond donors (Lipinski definition) is 0. The van der Waals surface area contributed by atoms with E-state index in [4.69, 9.17) is 14.0 Å². The Hall–Kier alpha value is -1.28. The molecular weight excluding hydrogens is 326 g/mol. The second-order valence-electron chi connectivity index (χ2n) is 6.59. The van der Waals surface area contributed by atoms with Crippen molar-refractivity contribution in [3.8, 4) is 0 Å². The molecule has 0 unspecified atom stereocenters. The lowest BCUT2D eigenvalue weighted by Gasteiger charge is -2.38. The topological polar surface area (TPSA) is 60.6 Å². The van der Waals surface area contributed by atoms with Gasteiger partial charge in [0, 0.05) is 30.6 Å². The van der Waals surface area contributed by atoms with Gasteiger partial charge in [0.15, 0.2) is 0 Å². The molecule has 2 aromatic rings. The number of hydrogen-bond acceptors (Lipinski definition) is 7. The van der Waals surface area contributed by atoms with Crippen LogP contribution in [0.15, 0.2) is 16.0 Å². The monoisotopic (exact) mass is 349 g/mol. The summed E-state index contributed by atoms with van der Waals surface area (Å²) in [5.74, 6) is 0.862. The van der Waals surface area contributed by atoms with Gasteiger partial charge in [0.25, 0.3) is 0 Å². The molecule has 1 saturated carbocycles. The average molecular weight is 349 g/mol. The zero-order chi connectivity index (χ0) is 16.5. The van der Waals surface area contributed by atoms with Gasteiger partial charge in [-0.1, -0.05) is 5.16 Å². The molecule has 0 aromatic carbocycles. The molecule has 4 rings (SSSR count). The Labute approximate surface area is 145 Å². The Morgan fingerprint density at radius 2 is 2.25 bits per heavy atom. The van der Waals surface area contributed by atoms with Crippen LogP contribution < -0.4 is 0 Å². The van der Waals surface area contributed by atoms with E-state index in [1.807, 2.05) is 19.9 Å². The van der Waals surface area contributed by atoms with Gasteiger partial charge in [-0.2, -0.15) is 0 Å². The first-order valence-corrected chi connectivity index (χ1v) is 9.37. The van der Waals surface area contributed by atoms with Crippen molar-refractivity contribution in [3.05, 3.63) is 33.6 Å². The highest BCUT2D eigenvalue weighted by atomic mass is 32.1. The maximum atomic E-state index is 6.13. The van der Waals surface area contributed by atoms with E-state index in [0.717, 1.165) is 54.7 Å². The van der Waals surface area contributed by atoms with Crippen LogP contribution in [-0.2, 0) is 22.6 Å². The van der Waals surface area contributed by atoms with E-state index in [1.165, 1.54) is 0 Å². The van der Waals surface area contributed by atoms with Crippen LogP contribution in [0.4, 0.5) is 0 Å². The molecule has 0 bridgehead atoms. The first-order chi connectivity index (χ1) is 11.7. The fourth-order valence-electron chi connectivity index (χ4n) is 3.73. The number of fused-ring (bicyclic) bond motifs is 1. The lowest BCUT2D eigenvalue weighted by atomic mass is 10.1. The third-order valence-electron chi connectivity index (χ3n) is 4.80. The lowest BCUT2D eigenvalue weighted by molar-refractivity contribution is -0.119. The third-order valence-corrected chi connectivity index (χ3v) is 5.63. The zero-order valence-electron chi connectivity index (χ0n) is 14.1. The van der Waals surface area contributed by atoms with Crippen molar-refractivity contribution >= 4 is 11.3 Å². The van der Waals surface area contributed by atoms with Crippen LogP contribution in [0.25, 0.3) is 0 Å². The molecule has 1 saturated heterocycles. The molecule has 3 atom stereocenters. The smallest absolute Gasteiger partial charge is 0.133 e. The molecule has 24 heavy (non-hydrogen) atoms. The second kappa shape index (κ2) is 6.92. The molecule has 6 nitrogen and oxygen atoms in total. The van der Waals surface area contributed by atoms with Gasteiger partial charge in [-0.25, -0.2) is 4.98 Å². The molecular formula is C17H23N3O3S. The number of aryl methyl sites for hydroxylation is 2. The van der Waals surface area contributed by atoms with E-state index in [1.54, 1.807) is 11.3 Å². The highest BCUT2D eigenvalue weighted by Gasteiger charge is 2.43. The van der Waals surface area contributed by atoms with E-state index in [2.05, 4.69) is 20.4 Å². The van der Waals surface area contributed by atoms with Crippen molar-refractivity contribution in [2.75, 3.05) is 13.2 Å². The Morgan fingerprint density at radius 3 is 3.00 bits per heavy atom. The van der Waals surface area contributed by atoms with Crippen molar-refractivity contribution in [2.45, 2.75) is 58.1 Å². The Morgan fingerprint density at radius 1 is 1.33 bits per heavy atom. The fourth-order valence-corrected chi connectivity index (χ4v) is 4.33. The van der Waals surface area contributed by atoms with Gasteiger partial charge in [-0.05, 0) is 26.7 Å². The van der Waals surface area contributed by atoms with Crippen molar-refractivity contribution in [1.82, 2.24) is 15.0 Å². The zero-order valence-corrected chi connectivity index (χ0v) is 14.9. The molecule has 130 valence electrons. The fraction of sp³-hybridized carbons (Fsp3) is 0.647. The van der Waals surface area contributed by atoms with E-state index in [9.17, 15) is 0 Å². The molecule has 0 amide bonds. The molecule has 2 aromatic heterocycles. The van der Waals surface area contributed by atoms with E-state index in [-0.39, 0.29) is 12.2 Å². The highest BCUT2D eigenvalue weighted by molar-refractivity contribution is 7.09. The molecule has 2 aliphatic rings. The van der Waals surface area contributed by atoms with Crippen molar-refractivity contribution in [1.29, 1.82) is 0 Å². The summed E-state index contributed by atoms with van der Waals surface area (Å²) in [4.78, 5) is 6.93. The van der Waals surface area contributed by atoms with Gasteiger partial charge in [-0.3, -0.25) is 4.90 Å². The molecule has 3 heterocycles. The Bertz CT molecular complexity index is 686. The van der Waals surface area contributed by atoms with Gasteiger partial charge in [0.1, 0.15) is 5.76 Å². The van der Waals surface area contributed by atoms with Crippen LogP contribution in [0.5, 0.6) is 0 Å². The standard InChI is InChI=1S/C17H23N3O3S/c1-11-7-13(19-23-11)8-20-5-6-21-17-15(20)3-4-16(17)22-9-14-10-24-12(2)18-14/h7,10,15-17H,3-6,8-9H2,1-2H3/t15-,16+,17+/m0/s1. The molecule has 2 fully saturated rings. The summed E-state index contributed by atoms with van der Waals surface area (Å²) >= 11 is 1.67. The minimum atomic E-state index is 0.145. The molecule has 0 spiro atoms. The molecule has 1 aliphatic carbocycles. The largest absolute Gasteiger partial charge is 0.373 e. The quantitative estimate of drug-likeness (QED) is 0.827. The summed E-state index contributed by atoms with van der Waals surface area (Å²) in [6.45, 7) is 7.02. The number of aromatic nitrogens is 2. The number of nitrogens with zero attached hydrogens (tertiary/aromatic N) is 3. The summed E-state index contributed by atoms with van der Waals surface area (Å²) in [5, 5.41) is 7.28. The van der Waals surface area contributed by atoms with Crippen molar-refractivity contribution < 1.29 is 14.0 Å². The first-order valence-electron chi connectivity index (χ1n) is 8.49. The second-order valence-corrected chi connectivity index (χ2v) is 7.65. The van der Waals surface area contributed by atoms with Crippen molar-refractivity contribution in [2.24, 2.45) is 0 Å². The van der Waals surface area contributed by atoms with Gasteiger partial charge in [0.05, 0.1) is 41.8 Å². The molecule has 1 aliphatic heterocycles. The summed E-state index contributed by atoms with van der Waals surface area (Å²) in [6, 6.07) is 2.41. The summed E-state index contributed by atoms with van der Waals surface area (Å²) in [5.41, 5.74) is 2.02.